The largest absolute Gasteiger partial charge is 0.496 e. The van der Waals surface area contributed by atoms with Crippen LogP contribution in [0.4, 0.5) is 0 Å². The van der Waals surface area contributed by atoms with Gasteiger partial charge in [-0.2, -0.15) is 0 Å². The van der Waals surface area contributed by atoms with E-state index in [-0.39, 0.29) is 29.4 Å². The Morgan fingerprint density at radius 2 is 2.00 bits per heavy atom. The fourth-order valence-corrected chi connectivity index (χ4v) is 3.27. The zero-order valence-electron chi connectivity index (χ0n) is 17.3. The first-order valence-corrected chi connectivity index (χ1v) is 10.0. The molecule has 160 valence electrons. The van der Waals surface area contributed by atoms with Crippen molar-refractivity contribution in [2.24, 2.45) is 4.99 Å². The van der Waals surface area contributed by atoms with E-state index < -0.39 is 0 Å². The highest BCUT2D eigenvalue weighted by Gasteiger charge is 2.46. The predicted octanol–water partition coefficient (Wildman–Crippen LogP) is 4.10. The first-order chi connectivity index (χ1) is 13.8. The lowest BCUT2D eigenvalue weighted by Gasteiger charge is -2.18. The number of nitrogens with one attached hydrogen (secondary N) is 2. The highest BCUT2D eigenvalue weighted by atomic mass is 127. The molecule has 1 aliphatic rings. The Kier molecular flexibility index (Phi) is 9.80. The Bertz CT molecular complexity index is 746. The topological polar surface area (TPSA) is 68.0 Å². The summed E-state index contributed by atoms with van der Waals surface area (Å²) in [5.41, 5.74) is 1.38. The van der Waals surface area contributed by atoms with Crippen molar-refractivity contribution in [3.63, 3.8) is 0 Å². The number of aliphatic imine (C=N–C) groups is 1. The molecule has 0 saturated heterocycles. The lowest BCUT2D eigenvalue weighted by Crippen LogP contribution is -2.38. The molecule has 0 amide bonds. The van der Waals surface area contributed by atoms with E-state index in [1.165, 1.54) is 5.56 Å². The number of ether oxygens (including phenoxy) is 2. The molecule has 1 fully saturated rings. The van der Waals surface area contributed by atoms with Crippen LogP contribution in [0.15, 0.2) is 52.1 Å². The second-order valence-electron chi connectivity index (χ2n) is 7.09. The molecular formula is C22H32IN3O3. The van der Waals surface area contributed by atoms with E-state index in [1.807, 2.05) is 24.3 Å². The van der Waals surface area contributed by atoms with Crippen LogP contribution in [0.5, 0.6) is 5.75 Å². The van der Waals surface area contributed by atoms with Gasteiger partial charge >= 0.3 is 0 Å². The van der Waals surface area contributed by atoms with Crippen molar-refractivity contribution < 1.29 is 13.9 Å². The number of para-hydroxylation sites is 1. The summed E-state index contributed by atoms with van der Waals surface area (Å²) in [5, 5.41) is 6.73. The van der Waals surface area contributed by atoms with Gasteiger partial charge in [0.25, 0.3) is 0 Å². The molecule has 3 rings (SSSR count). The molecule has 7 heteroatoms. The summed E-state index contributed by atoms with van der Waals surface area (Å²) in [6, 6.07) is 12.1. The second-order valence-corrected chi connectivity index (χ2v) is 7.09. The molecule has 0 unspecified atom stereocenters. The van der Waals surface area contributed by atoms with Gasteiger partial charge in [0.2, 0.25) is 0 Å². The highest BCUT2D eigenvalue weighted by Crippen LogP contribution is 2.51. The van der Waals surface area contributed by atoms with Gasteiger partial charge in [0.15, 0.2) is 5.96 Å². The average Bonchev–Trinajstić information content (AvgIpc) is 3.34. The fourth-order valence-electron chi connectivity index (χ4n) is 3.27. The lowest BCUT2D eigenvalue weighted by atomic mass is 9.95. The molecule has 1 aromatic carbocycles. The van der Waals surface area contributed by atoms with E-state index >= 15 is 0 Å². The number of nitrogens with zero attached hydrogens (tertiary/aromatic N) is 1. The minimum absolute atomic E-state index is 0. The fraction of sp³-hybridized carbons (Fsp3) is 0.500. The third-order valence-corrected chi connectivity index (χ3v) is 5.00. The van der Waals surface area contributed by atoms with Gasteiger partial charge in [0.1, 0.15) is 18.1 Å². The molecule has 0 aliphatic heterocycles. The van der Waals surface area contributed by atoms with Crippen molar-refractivity contribution in [3.05, 3.63) is 54.0 Å². The van der Waals surface area contributed by atoms with Crippen LogP contribution in [0, 0.1) is 0 Å². The minimum Gasteiger partial charge on any atom is -0.496 e. The van der Waals surface area contributed by atoms with Crippen molar-refractivity contribution >= 4 is 29.9 Å². The monoisotopic (exact) mass is 513 g/mol. The maximum atomic E-state index is 5.62. The molecule has 2 N–H and O–H groups in total. The first-order valence-electron chi connectivity index (χ1n) is 10.0. The average molecular weight is 513 g/mol. The summed E-state index contributed by atoms with van der Waals surface area (Å²) in [4.78, 5) is 4.84. The van der Waals surface area contributed by atoms with Crippen LogP contribution < -0.4 is 15.4 Å². The van der Waals surface area contributed by atoms with E-state index in [0.717, 1.165) is 56.4 Å². The Hall–Kier alpha value is -1.74. The summed E-state index contributed by atoms with van der Waals surface area (Å²) >= 11 is 0. The smallest absolute Gasteiger partial charge is 0.191 e. The third kappa shape index (κ3) is 6.92. The van der Waals surface area contributed by atoms with Gasteiger partial charge in [-0.3, -0.25) is 4.99 Å². The SMILES string of the molecule is CCNC(=NCC1(c2ccccc2OC)CC1)NCCCOCc1ccco1.I. The number of halogens is 1. The van der Waals surface area contributed by atoms with E-state index in [4.69, 9.17) is 18.9 Å². The van der Waals surface area contributed by atoms with Crippen molar-refractivity contribution in [1.29, 1.82) is 0 Å². The van der Waals surface area contributed by atoms with E-state index in [9.17, 15) is 0 Å². The van der Waals surface area contributed by atoms with E-state index in [2.05, 4.69) is 29.7 Å². The molecule has 1 heterocycles. The van der Waals surface area contributed by atoms with Crippen molar-refractivity contribution in [1.82, 2.24) is 10.6 Å². The van der Waals surface area contributed by atoms with Crippen LogP contribution in [0.3, 0.4) is 0 Å². The molecule has 2 aromatic rings. The summed E-state index contributed by atoms with van der Waals surface area (Å²) < 4.78 is 16.4. The number of benzene rings is 1. The normalized spacial score (nSPS) is 14.8. The van der Waals surface area contributed by atoms with Gasteiger partial charge in [-0.1, -0.05) is 18.2 Å². The standard InChI is InChI=1S/C22H31N3O3.HI/c1-3-23-21(24-13-7-14-27-16-18-8-6-15-28-18)25-17-22(11-12-22)19-9-4-5-10-20(19)26-2;/h4-6,8-10,15H,3,7,11-14,16-17H2,1-2H3,(H2,23,24,25);1H. The van der Waals surface area contributed by atoms with Crippen LogP contribution in [0.1, 0.15) is 37.5 Å². The molecule has 0 bridgehead atoms. The van der Waals surface area contributed by atoms with Gasteiger partial charge in [0, 0.05) is 30.7 Å². The lowest BCUT2D eigenvalue weighted by molar-refractivity contribution is 0.105. The molecule has 1 aromatic heterocycles. The van der Waals surface area contributed by atoms with Crippen molar-refractivity contribution in [2.45, 2.75) is 38.2 Å². The van der Waals surface area contributed by atoms with Gasteiger partial charge in [0.05, 0.1) is 19.9 Å². The molecule has 0 atom stereocenters. The minimum atomic E-state index is 0. The Labute approximate surface area is 190 Å². The molecular weight excluding hydrogens is 481 g/mol. The molecule has 6 nitrogen and oxygen atoms in total. The van der Waals surface area contributed by atoms with Crippen LogP contribution in [0.2, 0.25) is 0 Å². The Morgan fingerprint density at radius 3 is 2.69 bits per heavy atom. The molecule has 1 saturated carbocycles. The molecule has 0 spiro atoms. The van der Waals surface area contributed by atoms with Crippen LogP contribution in [0.25, 0.3) is 0 Å². The summed E-state index contributed by atoms with van der Waals surface area (Å²) in [6.45, 7) is 5.68. The highest BCUT2D eigenvalue weighted by molar-refractivity contribution is 14.0. The zero-order chi connectivity index (χ0) is 19.7. The molecule has 0 radical (unpaired) electrons. The number of methoxy groups -OCH3 is 1. The predicted molar refractivity (Wildman–Crippen MR) is 126 cm³/mol. The van der Waals surface area contributed by atoms with Gasteiger partial charge in [-0.25, -0.2) is 0 Å². The number of guanidine groups is 1. The zero-order valence-corrected chi connectivity index (χ0v) is 19.6. The third-order valence-electron chi connectivity index (χ3n) is 5.00. The van der Waals surface area contributed by atoms with Crippen LogP contribution in [-0.4, -0.2) is 39.3 Å². The molecule has 1 aliphatic carbocycles. The summed E-state index contributed by atoms with van der Waals surface area (Å²) in [5.74, 6) is 2.67. The van der Waals surface area contributed by atoms with Crippen molar-refractivity contribution in [3.8, 4) is 5.75 Å². The van der Waals surface area contributed by atoms with Crippen molar-refractivity contribution in [2.75, 3.05) is 33.4 Å². The maximum absolute atomic E-state index is 5.62. The Balaban J connectivity index is 0.00000300. The van der Waals surface area contributed by atoms with Crippen LogP contribution in [-0.2, 0) is 16.8 Å². The number of furan rings is 1. The van der Waals surface area contributed by atoms with Gasteiger partial charge in [-0.15, -0.1) is 24.0 Å². The van der Waals surface area contributed by atoms with E-state index in [1.54, 1.807) is 13.4 Å². The number of hydrogen-bond donors (Lipinski definition) is 2. The van der Waals surface area contributed by atoms with Gasteiger partial charge < -0.3 is 24.5 Å². The first kappa shape index (κ1) is 23.5. The molecule has 29 heavy (non-hydrogen) atoms. The Morgan fingerprint density at radius 1 is 1.17 bits per heavy atom. The summed E-state index contributed by atoms with van der Waals surface area (Å²) in [6.07, 6.45) is 4.87. The summed E-state index contributed by atoms with van der Waals surface area (Å²) in [7, 11) is 1.73. The van der Waals surface area contributed by atoms with Gasteiger partial charge in [-0.05, 0) is 44.4 Å². The quantitative estimate of drug-likeness (QED) is 0.205. The number of hydrogen-bond acceptors (Lipinski definition) is 4. The van der Waals surface area contributed by atoms with Crippen LogP contribution >= 0.6 is 24.0 Å². The van der Waals surface area contributed by atoms with E-state index in [0.29, 0.717) is 13.2 Å². The second kappa shape index (κ2) is 12.1. The number of rotatable bonds is 11. The maximum Gasteiger partial charge on any atom is 0.191 e.